The number of aryl methyl sites for hydroxylation is 1. The largest absolute Gasteiger partial charge is 0.144 e. The maximum absolute atomic E-state index is 3.74. The van der Waals surface area contributed by atoms with Gasteiger partial charge in [0.1, 0.15) is 0 Å². The lowest BCUT2D eigenvalue weighted by molar-refractivity contribution is 0.739. The van der Waals surface area contributed by atoms with Gasteiger partial charge in [-0.15, -0.1) is 11.3 Å². The molecule has 0 aliphatic heterocycles. The molecule has 0 amide bonds. The van der Waals surface area contributed by atoms with Gasteiger partial charge in [0.15, 0.2) is 0 Å². The van der Waals surface area contributed by atoms with Crippen LogP contribution in [-0.2, 0) is 6.42 Å². The summed E-state index contributed by atoms with van der Waals surface area (Å²) in [6.07, 6.45) is 8.43. The Morgan fingerprint density at radius 1 is 1.38 bits per heavy atom. The molecule has 16 heavy (non-hydrogen) atoms. The van der Waals surface area contributed by atoms with E-state index in [2.05, 4.69) is 40.3 Å². The molecule has 1 heteroatoms. The van der Waals surface area contributed by atoms with E-state index in [1.165, 1.54) is 22.4 Å². The van der Waals surface area contributed by atoms with E-state index in [1.807, 2.05) is 23.5 Å². The monoisotopic (exact) mass is 234 g/mol. The summed E-state index contributed by atoms with van der Waals surface area (Å²) >= 11 is 1.96. The van der Waals surface area contributed by atoms with Crippen LogP contribution in [-0.4, -0.2) is 0 Å². The Labute approximate surface area is 104 Å². The first-order valence-corrected chi connectivity index (χ1v) is 6.88. The van der Waals surface area contributed by atoms with Crippen LogP contribution in [0, 0.1) is 6.92 Å². The quantitative estimate of drug-likeness (QED) is 0.604. The van der Waals surface area contributed by atoms with E-state index < -0.39 is 0 Å². The van der Waals surface area contributed by atoms with Gasteiger partial charge in [-0.2, -0.15) is 0 Å². The van der Waals surface area contributed by atoms with Crippen LogP contribution < -0.4 is 0 Å². The van der Waals surface area contributed by atoms with E-state index in [-0.39, 0.29) is 0 Å². The van der Waals surface area contributed by atoms with Gasteiger partial charge in [0, 0.05) is 9.75 Å². The molecule has 0 N–H and O–H groups in total. The molecule has 0 saturated carbocycles. The minimum Gasteiger partial charge on any atom is -0.144 e. The van der Waals surface area contributed by atoms with Crippen LogP contribution >= 0.6 is 11.3 Å². The minimum atomic E-state index is 0.685. The average Bonchev–Trinajstić information content (AvgIpc) is 2.61. The van der Waals surface area contributed by atoms with Crippen LogP contribution in [0.25, 0.3) is 6.08 Å². The van der Waals surface area contributed by atoms with Crippen molar-refractivity contribution in [1.29, 1.82) is 0 Å². The summed E-state index contributed by atoms with van der Waals surface area (Å²) in [7, 11) is 0. The first-order valence-electron chi connectivity index (χ1n) is 6.06. The number of hydrogen-bond acceptors (Lipinski definition) is 1. The second kappa shape index (κ2) is 6.05. The molecule has 0 spiro atoms. The highest BCUT2D eigenvalue weighted by molar-refractivity contribution is 7.12. The first kappa shape index (κ1) is 13.2. The fraction of sp³-hybridized carbons (Fsp3) is 0.467. The highest BCUT2D eigenvalue weighted by atomic mass is 32.1. The van der Waals surface area contributed by atoms with Crippen LogP contribution in [0.5, 0.6) is 0 Å². The Morgan fingerprint density at radius 2 is 2.06 bits per heavy atom. The summed E-state index contributed by atoms with van der Waals surface area (Å²) < 4.78 is 0. The van der Waals surface area contributed by atoms with Crippen molar-refractivity contribution in [3.8, 4) is 0 Å². The lowest BCUT2D eigenvalue weighted by Gasteiger charge is -2.09. The third-order valence-corrected chi connectivity index (χ3v) is 4.47. The average molecular weight is 234 g/mol. The Balaban J connectivity index is 3.22. The number of thiophene rings is 1. The third kappa shape index (κ3) is 2.65. The normalized spacial score (nSPS) is 13.2. The molecule has 1 rings (SSSR count). The second-order valence-corrected chi connectivity index (χ2v) is 5.43. The zero-order valence-electron chi connectivity index (χ0n) is 10.8. The van der Waals surface area contributed by atoms with Gasteiger partial charge in [0.25, 0.3) is 0 Å². The van der Waals surface area contributed by atoms with E-state index in [0.717, 1.165) is 6.42 Å². The molecular weight excluding hydrogens is 212 g/mol. The Hall–Kier alpha value is -0.820. The highest BCUT2D eigenvalue weighted by Crippen LogP contribution is 2.36. The Morgan fingerprint density at radius 3 is 2.56 bits per heavy atom. The van der Waals surface area contributed by atoms with Crippen LogP contribution in [0.2, 0.25) is 0 Å². The smallest absolute Gasteiger partial charge is 0.0114 e. The second-order valence-electron chi connectivity index (χ2n) is 4.17. The summed E-state index contributed by atoms with van der Waals surface area (Å²) in [5, 5.41) is 0. The Bertz CT molecular complexity index is 382. The van der Waals surface area contributed by atoms with Crippen LogP contribution in [0.1, 0.15) is 54.0 Å². The molecule has 1 aromatic rings. The van der Waals surface area contributed by atoms with Crippen LogP contribution in [0.3, 0.4) is 0 Å². The molecule has 0 aliphatic rings. The van der Waals surface area contributed by atoms with E-state index in [9.17, 15) is 0 Å². The fourth-order valence-electron chi connectivity index (χ4n) is 1.96. The number of rotatable bonds is 5. The van der Waals surface area contributed by atoms with Crippen molar-refractivity contribution in [2.75, 3.05) is 0 Å². The molecule has 1 aromatic heterocycles. The SMILES string of the molecule is C=C/C=C\c1c(C)sc(C(C)CC)c1CC. The predicted molar refractivity (Wildman–Crippen MR) is 76.4 cm³/mol. The van der Waals surface area contributed by atoms with Crippen molar-refractivity contribution in [1.82, 2.24) is 0 Å². The zero-order chi connectivity index (χ0) is 12.1. The Kier molecular flexibility index (Phi) is 5.01. The summed E-state index contributed by atoms with van der Waals surface area (Å²) in [6, 6.07) is 0. The van der Waals surface area contributed by atoms with Crippen molar-refractivity contribution in [2.24, 2.45) is 0 Å². The van der Waals surface area contributed by atoms with E-state index in [0.29, 0.717) is 5.92 Å². The molecule has 0 saturated heterocycles. The fourth-order valence-corrected chi connectivity index (χ4v) is 3.33. The summed E-state index contributed by atoms with van der Waals surface area (Å²) in [5.74, 6) is 0.685. The van der Waals surface area contributed by atoms with Crippen molar-refractivity contribution in [3.63, 3.8) is 0 Å². The maximum atomic E-state index is 3.74. The van der Waals surface area contributed by atoms with Gasteiger partial charge in [0.05, 0.1) is 0 Å². The van der Waals surface area contributed by atoms with Gasteiger partial charge < -0.3 is 0 Å². The summed E-state index contributed by atoms with van der Waals surface area (Å²) in [5.41, 5.74) is 2.96. The van der Waals surface area contributed by atoms with E-state index in [4.69, 9.17) is 0 Å². The van der Waals surface area contributed by atoms with Crippen molar-refractivity contribution in [2.45, 2.75) is 46.5 Å². The molecule has 1 atom stereocenters. The topological polar surface area (TPSA) is 0 Å². The van der Waals surface area contributed by atoms with Crippen molar-refractivity contribution in [3.05, 3.63) is 39.6 Å². The minimum absolute atomic E-state index is 0.685. The van der Waals surface area contributed by atoms with E-state index >= 15 is 0 Å². The number of hydrogen-bond donors (Lipinski definition) is 0. The molecule has 1 heterocycles. The molecule has 0 bridgehead atoms. The van der Waals surface area contributed by atoms with Gasteiger partial charge in [-0.25, -0.2) is 0 Å². The van der Waals surface area contributed by atoms with Crippen LogP contribution in [0.15, 0.2) is 18.7 Å². The predicted octanol–water partition coefficient (Wildman–Crippen LogP) is 5.33. The van der Waals surface area contributed by atoms with Crippen molar-refractivity contribution >= 4 is 17.4 Å². The standard InChI is InChI=1S/C15H22S/c1-6-9-10-14-12(5)16-15(11(4)7-2)13(14)8-3/h6,9-11H,1,7-8H2,2-5H3/b10-9-. The molecule has 1 unspecified atom stereocenters. The summed E-state index contributed by atoms with van der Waals surface area (Å²) in [6.45, 7) is 12.8. The lowest BCUT2D eigenvalue weighted by atomic mass is 9.98. The molecule has 0 aliphatic carbocycles. The van der Waals surface area contributed by atoms with Gasteiger partial charge in [0.2, 0.25) is 0 Å². The maximum Gasteiger partial charge on any atom is 0.0114 e. The van der Waals surface area contributed by atoms with Gasteiger partial charge in [-0.1, -0.05) is 45.6 Å². The van der Waals surface area contributed by atoms with Gasteiger partial charge in [-0.05, 0) is 36.8 Å². The van der Waals surface area contributed by atoms with Crippen molar-refractivity contribution < 1.29 is 0 Å². The lowest BCUT2D eigenvalue weighted by Crippen LogP contribution is -1.93. The molecule has 0 nitrogen and oxygen atoms in total. The van der Waals surface area contributed by atoms with Gasteiger partial charge in [-0.3, -0.25) is 0 Å². The van der Waals surface area contributed by atoms with E-state index in [1.54, 1.807) is 4.88 Å². The zero-order valence-corrected chi connectivity index (χ0v) is 11.7. The van der Waals surface area contributed by atoms with Crippen LogP contribution in [0.4, 0.5) is 0 Å². The first-order chi connectivity index (χ1) is 7.65. The van der Waals surface area contributed by atoms with Gasteiger partial charge >= 0.3 is 0 Å². The highest BCUT2D eigenvalue weighted by Gasteiger charge is 2.15. The molecule has 0 aromatic carbocycles. The molecule has 0 radical (unpaired) electrons. The summed E-state index contributed by atoms with van der Waals surface area (Å²) in [4.78, 5) is 3.01. The molecule has 0 fully saturated rings. The number of allylic oxidation sites excluding steroid dienone is 2. The molecule has 88 valence electrons. The third-order valence-electron chi connectivity index (χ3n) is 3.08. The molecular formula is C15H22S.